The highest BCUT2D eigenvalue weighted by molar-refractivity contribution is 7.99. The van der Waals surface area contributed by atoms with Crippen LogP contribution in [0.2, 0.25) is 0 Å². The van der Waals surface area contributed by atoms with E-state index < -0.39 is 0 Å². The lowest BCUT2D eigenvalue weighted by atomic mass is 10.3. The Morgan fingerprint density at radius 3 is 2.59 bits per heavy atom. The van der Waals surface area contributed by atoms with Crippen molar-refractivity contribution in [1.29, 1.82) is 5.26 Å². The van der Waals surface area contributed by atoms with Gasteiger partial charge in [-0.25, -0.2) is 9.97 Å². The maximum atomic E-state index is 8.68. The molecule has 0 saturated heterocycles. The number of aromatic nitrogens is 2. The Labute approximate surface area is 105 Å². The van der Waals surface area contributed by atoms with Crippen LogP contribution >= 0.6 is 11.8 Å². The summed E-state index contributed by atoms with van der Waals surface area (Å²) >= 11 is 1.50. The van der Waals surface area contributed by atoms with E-state index in [2.05, 4.69) is 9.97 Å². The van der Waals surface area contributed by atoms with Crippen LogP contribution in [0.5, 0.6) is 0 Å². The van der Waals surface area contributed by atoms with Gasteiger partial charge < -0.3 is 0 Å². The lowest BCUT2D eigenvalue weighted by Gasteiger charge is -2.03. The number of rotatable bonds is 2. The third kappa shape index (κ3) is 3.05. The summed E-state index contributed by atoms with van der Waals surface area (Å²) in [6.45, 7) is 4.02. The minimum Gasteiger partial charge on any atom is -0.248 e. The first-order chi connectivity index (χ1) is 8.17. The largest absolute Gasteiger partial charge is 0.248 e. The molecule has 0 radical (unpaired) electrons. The first kappa shape index (κ1) is 11.6. The number of nitrogens with zero attached hydrogens (tertiary/aromatic N) is 3. The molecule has 0 N–H and O–H groups in total. The van der Waals surface area contributed by atoms with E-state index in [1.54, 1.807) is 12.3 Å². The fourth-order valence-electron chi connectivity index (χ4n) is 1.47. The second-order valence-corrected chi connectivity index (χ2v) is 4.76. The fraction of sp³-hybridized carbons (Fsp3) is 0.154. The minimum atomic E-state index is 0.572. The molecule has 0 spiro atoms. The van der Waals surface area contributed by atoms with Gasteiger partial charge in [0.25, 0.3) is 0 Å². The maximum Gasteiger partial charge on any atom is 0.103 e. The third-order valence-corrected chi connectivity index (χ3v) is 3.02. The van der Waals surface area contributed by atoms with Crippen LogP contribution in [0.4, 0.5) is 0 Å². The van der Waals surface area contributed by atoms with Crippen molar-refractivity contribution in [1.82, 2.24) is 9.97 Å². The average molecular weight is 241 g/mol. The Bertz CT molecular complexity index is 550. The average Bonchev–Trinajstić information content (AvgIpc) is 2.28. The molecule has 0 aliphatic rings. The summed E-state index contributed by atoms with van der Waals surface area (Å²) in [5.74, 6) is 0. The van der Waals surface area contributed by atoms with Gasteiger partial charge in [-0.2, -0.15) is 5.26 Å². The smallest absolute Gasteiger partial charge is 0.103 e. The molecule has 0 amide bonds. The molecule has 4 heteroatoms. The van der Waals surface area contributed by atoms with Crippen LogP contribution in [0.1, 0.15) is 16.8 Å². The molecule has 0 saturated carbocycles. The molecule has 0 aromatic carbocycles. The van der Waals surface area contributed by atoms with Gasteiger partial charge in [-0.3, -0.25) is 0 Å². The Hall–Kier alpha value is -1.86. The predicted octanol–water partition coefficient (Wildman–Crippen LogP) is 3.12. The van der Waals surface area contributed by atoms with E-state index in [0.717, 1.165) is 15.7 Å². The van der Waals surface area contributed by atoms with Crippen molar-refractivity contribution < 1.29 is 0 Å². The molecule has 2 aromatic heterocycles. The summed E-state index contributed by atoms with van der Waals surface area (Å²) in [7, 11) is 0. The highest BCUT2D eigenvalue weighted by Gasteiger charge is 2.02. The maximum absolute atomic E-state index is 8.68. The standard InChI is InChI=1S/C13H11N3S/c1-9-5-10(2)16-13(6-9)17-12-4-3-11(7-14)8-15-12/h3-6,8H,1-2H3. The van der Waals surface area contributed by atoms with Gasteiger partial charge in [-0.05, 0) is 43.7 Å². The van der Waals surface area contributed by atoms with Gasteiger partial charge in [0.15, 0.2) is 0 Å². The van der Waals surface area contributed by atoms with Crippen LogP contribution in [0.15, 0.2) is 40.5 Å². The SMILES string of the molecule is Cc1cc(C)nc(Sc2ccc(C#N)cn2)c1. The van der Waals surface area contributed by atoms with Crippen LogP contribution in [0, 0.1) is 25.2 Å². The lowest BCUT2D eigenvalue weighted by molar-refractivity contribution is 1.03. The van der Waals surface area contributed by atoms with Crippen LogP contribution in [0.3, 0.4) is 0 Å². The normalized spacial score (nSPS) is 9.94. The van der Waals surface area contributed by atoms with Crippen molar-refractivity contribution in [2.75, 3.05) is 0 Å². The number of nitriles is 1. The molecule has 2 aromatic rings. The predicted molar refractivity (Wildman–Crippen MR) is 66.8 cm³/mol. The van der Waals surface area contributed by atoms with Crippen molar-refractivity contribution in [3.63, 3.8) is 0 Å². The molecule has 0 aliphatic heterocycles. The highest BCUT2D eigenvalue weighted by Crippen LogP contribution is 2.25. The molecular formula is C13H11N3S. The molecule has 0 bridgehead atoms. The fourth-order valence-corrected chi connectivity index (χ4v) is 2.36. The second kappa shape index (κ2) is 4.98. The monoisotopic (exact) mass is 241 g/mol. The van der Waals surface area contributed by atoms with E-state index in [-0.39, 0.29) is 0 Å². The Balaban J connectivity index is 2.22. The Morgan fingerprint density at radius 1 is 1.18 bits per heavy atom. The quantitative estimate of drug-likeness (QED) is 0.810. The van der Waals surface area contributed by atoms with Gasteiger partial charge in [0.1, 0.15) is 16.1 Å². The van der Waals surface area contributed by atoms with Crippen molar-refractivity contribution in [2.24, 2.45) is 0 Å². The molecule has 2 heterocycles. The molecule has 2 rings (SSSR count). The Kier molecular flexibility index (Phi) is 3.40. The molecule has 0 atom stereocenters. The zero-order valence-electron chi connectivity index (χ0n) is 9.64. The summed E-state index contributed by atoms with van der Waals surface area (Å²) in [6.07, 6.45) is 1.57. The van der Waals surface area contributed by atoms with Gasteiger partial charge in [0, 0.05) is 11.9 Å². The zero-order chi connectivity index (χ0) is 12.3. The molecule has 3 nitrogen and oxygen atoms in total. The van der Waals surface area contributed by atoms with Crippen LogP contribution < -0.4 is 0 Å². The van der Waals surface area contributed by atoms with E-state index in [1.165, 1.54) is 17.3 Å². The van der Waals surface area contributed by atoms with Crippen molar-refractivity contribution in [3.8, 4) is 6.07 Å². The molecule has 0 fully saturated rings. The molecule has 84 valence electrons. The van der Waals surface area contributed by atoms with Crippen LogP contribution in [0.25, 0.3) is 0 Å². The highest BCUT2D eigenvalue weighted by atomic mass is 32.2. The minimum absolute atomic E-state index is 0.572. The topological polar surface area (TPSA) is 49.6 Å². The summed E-state index contributed by atoms with van der Waals surface area (Å²) in [6, 6.07) is 9.71. The molecule has 0 aliphatic carbocycles. The van der Waals surface area contributed by atoms with Crippen LogP contribution in [-0.4, -0.2) is 9.97 Å². The van der Waals surface area contributed by atoms with E-state index in [9.17, 15) is 0 Å². The van der Waals surface area contributed by atoms with Gasteiger partial charge in [-0.15, -0.1) is 0 Å². The number of hydrogen-bond acceptors (Lipinski definition) is 4. The number of hydrogen-bond donors (Lipinski definition) is 0. The molecular weight excluding hydrogens is 230 g/mol. The van der Waals surface area contributed by atoms with Crippen molar-refractivity contribution in [2.45, 2.75) is 23.9 Å². The lowest BCUT2D eigenvalue weighted by Crippen LogP contribution is -1.88. The third-order valence-electron chi connectivity index (χ3n) is 2.15. The van der Waals surface area contributed by atoms with Gasteiger partial charge >= 0.3 is 0 Å². The van der Waals surface area contributed by atoms with E-state index in [0.29, 0.717) is 5.56 Å². The van der Waals surface area contributed by atoms with Crippen molar-refractivity contribution >= 4 is 11.8 Å². The summed E-state index contributed by atoms with van der Waals surface area (Å²) < 4.78 is 0. The Morgan fingerprint density at radius 2 is 2.00 bits per heavy atom. The van der Waals surface area contributed by atoms with E-state index in [4.69, 9.17) is 5.26 Å². The van der Waals surface area contributed by atoms with Gasteiger partial charge in [0.2, 0.25) is 0 Å². The zero-order valence-corrected chi connectivity index (χ0v) is 10.5. The number of aryl methyl sites for hydroxylation is 2. The summed E-state index contributed by atoms with van der Waals surface area (Å²) in [4.78, 5) is 8.63. The second-order valence-electron chi connectivity index (χ2n) is 3.72. The molecule has 0 unspecified atom stereocenters. The first-order valence-electron chi connectivity index (χ1n) is 5.16. The van der Waals surface area contributed by atoms with E-state index in [1.807, 2.05) is 38.1 Å². The molecule has 17 heavy (non-hydrogen) atoms. The van der Waals surface area contributed by atoms with Crippen molar-refractivity contribution in [3.05, 3.63) is 47.3 Å². The summed E-state index contributed by atoms with van der Waals surface area (Å²) in [5, 5.41) is 10.5. The van der Waals surface area contributed by atoms with Crippen LogP contribution in [-0.2, 0) is 0 Å². The number of pyridine rings is 2. The van der Waals surface area contributed by atoms with Gasteiger partial charge in [0.05, 0.1) is 5.56 Å². The van der Waals surface area contributed by atoms with E-state index >= 15 is 0 Å². The summed E-state index contributed by atoms with van der Waals surface area (Å²) in [5.41, 5.74) is 2.76. The first-order valence-corrected chi connectivity index (χ1v) is 5.98. The van der Waals surface area contributed by atoms with Gasteiger partial charge in [-0.1, -0.05) is 11.8 Å².